The van der Waals surface area contributed by atoms with Crippen molar-refractivity contribution in [1.29, 1.82) is 0 Å². The number of hydrogen-bond donors (Lipinski definition) is 3. The monoisotopic (exact) mass is 238 g/mol. The molecule has 0 aliphatic heterocycles. The molecule has 0 saturated heterocycles. The minimum Gasteiger partial charge on any atom is -0.478 e. The molecule has 1 aromatic carbocycles. The van der Waals surface area contributed by atoms with Gasteiger partial charge in [0.25, 0.3) is 0 Å². The number of aromatic carboxylic acids is 1. The summed E-state index contributed by atoms with van der Waals surface area (Å²) in [6.45, 7) is 1.65. The first-order valence-electron chi connectivity index (χ1n) is 5.90. The van der Waals surface area contributed by atoms with E-state index in [4.69, 9.17) is 16.6 Å². The quantitative estimate of drug-likeness (QED) is 0.660. The Morgan fingerprint density at radius 2 is 1.41 bits per heavy atom. The fourth-order valence-electron chi connectivity index (χ4n) is 1.22. The molecule has 0 unspecified atom stereocenters. The van der Waals surface area contributed by atoms with Crippen LogP contribution in [0.15, 0.2) is 30.3 Å². The largest absolute Gasteiger partial charge is 0.478 e. The van der Waals surface area contributed by atoms with Crippen LogP contribution < -0.4 is 11.5 Å². The van der Waals surface area contributed by atoms with Crippen molar-refractivity contribution in [1.82, 2.24) is 0 Å². The molecule has 0 saturated carbocycles. The van der Waals surface area contributed by atoms with Crippen LogP contribution in [0.4, 0.5) is 0 Å². The van der Waals surface area contributed by atoms with Crippen molar-refractivity contribution in [2.75, 3.05) is 13.1 Å². The first kappa shape index (κ1) is 15.6. The van der Waals surface area contributed by atoms with E-state index in [-0.39, 0.29) is 0 Å². The molecule has 17 heavy (non-hydrogen) atoms. The average Bonchev–Trinajstić information content (AvgIpc) is 2.37. The van der Waals surface area contributed by atoms with Crippen molar-refractivity contribution < 1.29 is 9.90 Å². The highest BCUT2D eigenvalue weighted by Gasteiger charge is 1.96. The molecule has 0 radical (unpaired) electrons. The maximum absolute atomic E-state index is 10.2. The highest BCUT2D eigenvalue weighted by Crippen LogP contribution is 1.96. The summed E-state index contributed by atoms with van der Waals surface area (Å²) in [6, 6.07) is 8.30. The summed E-state index contributed by atoms with van der Waals surface area (Å²) in [6.07, 6.45) is 4.79. The summed E-state index contributed by atoms with van der Waals surface area (Å²) in [5.74, 6) is -0.879. The first-order chi connectivity index (χ1) is 8.22. The highest BCUT2D eigenvalue weighted by molar-refractivity contribution is 5.87. The second-order valence-electron chi connectivity index (χ2n) is 3.66. The highest BCUT2D eigenvalue weighted by atomic mass is 16.4. The Bertz CT molecular complexity index is 283. The van der Waals surface area contributed by atoms with Crippen molar-refractivity contribution in [3.8, 4) is 0 Å². The molecule has 0 fully saturated rings. The molecule has 5 N–H and O–H groups in total. The normalized spacial score (nSPS) is 9.29. The van der Waals surface area contributed by atoms with Gasteiger partial charge in [-0.25, -0.2) is 4.79 Å². The summed E-state index contributed by atoms with van der Waals surface area (Å²) >= 11 is 0. The fraction of sp³-hybridized carbons (Fsp3) is 0.462. The van der Waals surface area contributed by atoms with Crippen LogP contribution in [0.1, 0.15) is 36.0 Å². The summed E-state index contributed by atoms with van der Waals surface area (Å²) in [5.41, 5.74) is 10.9. The number of carbonyl (C=O) groups is 1. The van der Waals surface area contributed by atoms with Crippen molar-refractivity contribution in [3.63, 3.8) is 0 Å². The second-order valence-corrected chi connectivity index (χ2v) is 3.66. The van der Waals surface area contributed by atoms with E-state index in [0.717, 1.165) is 25.9 Å². The third-order valence-electron chi connectivity index (χ3n) is 2.18. The second kappa shape index (κ2) is 11.1. The number of benzene rings is 1. The van der Waals surface area contributed by atoms with Crippen LogP contribution in [-0.2, 0) is 0 Å². The molecule has 0 aromatic heterocycles. The SMILES string of the molecule is NCCCCCCN.O=C(O)c1ccccc1. The van der Waals surface area contributed by atoms with Gasteiger partial charge in [0.2, 0.25) is 0 Å². The predicted molar refractivity (Wildman–Crippen MR) is 70.0 cm³/mol. The van der Waals surface area contributed by atoms with Crippen LogP contribution in [0.25, 0.3) is 0 Å². The zero-order valence-corrected chi connectivity index (χ0v) is 10.1. The van der Waals surface area contributed by atoms with Crippen LogP contribution in [0.2, 0.25) is 0 Å². The number of hydrogen-bond acceptors (Lipinski definition) is 3. The Morgan fingerprint density at radius 1 is 0.941 bits per heavy atom. The smallest absolute Gasteiger partial charge is 0.335 e. The molecule has 4 heteroatoms. The maximum atomic E-state index is 10.2. The molecule has 0 spiro atoms. The van der Waals surface area contributed by atoms with E-state index in [2.05, 4.69) is 0 Å². The topological polar surface area (TPSA) is 89.3 Å². The van der Waals surface area contributed by atoms with Gasteiger partial charge in [-0.2, -0.15) is 0 Å². The van der Waals surface area contributed by atoms with Gasteiger partial charge in [-0.3, -0.25) is 0 Å². The molecule has 1 aromatic rings. The van der Waals surface area contributed by atoms with Gasteiger partial charge in [0.05, 0.1) is 5.56 Å². The van der Waals surface area contributed by atoms with Gasteiger partial charge < -0.3 is 16.6 Å². The molecule has 4 nitrogen and oxygen atoms in total. The number of carboxylic acid groups (broad SMARTS) is 1. The zero-order chi connectivity index (χ0) is 12.9. The Balaban J connectivity index is 0.000000304. The summed E-state index contributed by atoms with van der Waals surface area (Å²) in [7, 11) is 0. The Kier molecular flexibility index (Phi) is 10.2. The maximum Gasteiger partial charge on any atom is 0.335 e. The van der Waals surface area contributed by atoms with Gasteiger partial charge in [-0.1, -0.05) is 31.0 Å². The van der Waals surface area contributed by atoms with E-state index in [1.54, 1.807) is 30.3 Å². The van der Waals surface area contributed by atoms with E-state index < -0.39 is 5.97 Å². The van der Waals surface area contributed by atoms with Crippen LogP contribution in [-0.4, -0.2) is 24.2 Å². The van der Waals surface area contributed by atoms with E-state index >= 15 is 0 Å². The summed E-state index contributed by atoms with van der Waals surface area (Å²) in [4.78, 5) is 10.2. The van der Waals surface area contributed by atoms with Crippen molar-refractivity contribution in [2.45, 2.75) is 25.7 Å². The Hall–Kier alpha value is -1.39. The van der Waals surface area contributed by atoms with Crippen LogP contribution in [0.5, 0.6) is 0 Å². The van der Waals surface area contributed by atoms with Gasteiger partial charge in [0, 0.05) is 0 Å². The van der Waals surface area contributed by atoms with Crippen LogP contribution >= 0.6 is 0 Å². The van der Waals surface area contributed by atoms with E-state index in [9.17, 15) is 4.79 Å². The number of carboxylic acids is 1. The van der Waals surface area contributed by atoms with Gasteiger partial charge in [-0.05, 0) is 38.1 Å². The number of unbranched alkanes of at least 4 members (excludes halogenated alkanes) is 3. The lowest BCUT2D eigenvalue weighted by atomic mass is 10.2. The molecule has 0 aliphatic carbocycles. The molecule has 0 amide bonds. The van der Waals surface area contributed by atoms with E-state index in [0.29, 0.717) is 5.56 Å². The van der Waals surface area contributed by atoms with Gasteiger partial charge >= 0.3 is 5.97 Å². The van der Waals surface area contributed by atoms with Gasteiger partial charge in [-0.15, -0.1) is 0 Å². The average molecular weight is 238 g/mol. The Labute approximate surface area is 103 Å². The third kappa shape index (κ3) is 9.53. The molecule has 1 rings (SSSR count). The summed E-state index contributed by atoms with van der Waals surface area (Å²) in [5, 5.41) is 8.38. The Morgan fingerprint density at radius 3 is 1.71 bits per heavy atom. The van der Waals surface area contributed by atoms with E-state index in [1.165, 1.54) is 12.8 Å². The van der Waals surface area contributed by atoms with Crippen LogP contribution in [0.3, 0.4) is 0 Å². The number of rotatable bonds is 6. The van der Waals surface area contributed by atoms with Crippen molar-refractivity contribution in [2.24, 2.45) is 11.5 Å². The predicted octanol–water partition coefficient (Wildman–Crippen LogP) is 1.85. The fourth-order valence-corrected chi connectivity index (χ4v) is 1.22. The molecular weight excluding hydrogens is 216 g/mol. The number of nitrogens with two attached hydrogens (primary N) is 2. The molecular formula is C13H22N2O2. The molecule has 0 aliphatic rings. The minimum atomic E-state index is -0.879. The molecule has 0 atom stereocenters. The third-order valence-corrected chi connectivity index (χ3v) is 2.18. The van der Waals surface area contributed by atoms with Crippen LogP contribution in [0, 0.1) is 0 Å². The first-order valence-corrected chi connectivity index (χ1v) is 5.90. The standard InChI is InChI=1S/C7H6O2.C6H16N2/c8-7(9)6-4-2-1-3-5-6;7-5-3-1-2-4-6-8/h1-5H,(H,8,9);1-8H2. The minimum absolute atomic E-state index is 0.331. The lowest BCUT2D eigenvalue weighted by Gasteiger charge is -1.94. The van der Waals surface area contributed by atoms with E-state index in [1.807, 2.05) is 0 Å². The van der Waals surface area contributed by atoms with Gasteiger partial charge in [0.1, 0.15) is 0 Å². The lowest BCUT2D eigenvalue weighted by Crippen LogP contribution is -2.00. The van der Waals surface area contributed by atoms with Crippen molar-refractivity contribution >= 4 is 5.97 Å². The molecule has 96 valence electrons. The molecule has 0 heterocycles. The zero-order valence-electron chi connectivity index (χ0n) is 10.1. The van der Waals surface area contributed by atoms with Crippen molar-refractivity contribution in [3.05, 3.63) is 35.9 Å². The van der Waals surface area contributed by atoms with Gasteiger partial charge in [0.15, 0.2) is 0 Å². The summed E-state index contributed by atoms with van der Waals surface area (Å²) < 4.78 is 0. The lowest BCUT2D eigenvalue weighted by molar-refractivity contribution is 0.0697. The molecule has 0 bridgehead atoms.